The van der Waals surface area contributed by atoms with E-state index < -0.39 is 0 Å². The Kier molecular flexibility index (Phi) is 4.20. The molecule has 2 rings (SSSR count). The van der Waals surface area contributed by atoms with Crippen LogP contribution < -0.4 is 15.8 Å². The first-order chi connectivity index (χ1) is 9.22. The second-order valence-electron chi connectivity index (χ2n) is 4.09. The highest BCUT2D eigenvalue weighted by atomic mass is 16.5. The number of anilines is 3. The van der Waals surface area contributed by atoms with Gasteiger partial charge in [-0.15, -0.1) is 0 Å². The van der Waals surface area contributed by atoms with Crippen LogP contribution in [0.5, 0.6) is 5.88 Å². The zero-order chi connectivity index (χ0) is 13.7. The molecule has 1 heterocycles. The van der Waals surface area contributed by atoms with Crippen molar-refractivity contribution in [3.05, 3.63) is 42.0 Å². The number of nitrogens with zero attached hydrogens (tertiary/aromatic N) is 1. The summed E-state index contributed by atoms with van der Waals surface area (Å²) in [6.45, 7) is 0.150. The summed E-state index contributed by atoms with van der Waals surface area (Å²) in [6.07, 6.45) is 0.653. The molecule has 0 aliphatic rings. The molecule has 19 heavy (non-hydrogen) atoms. The Morgan fingerprint density at radius 1 is 1.21 bits per heavy atom. The van der Waals surface area contributed by atoms with Gasteiger partial charge in [0.25, 0.3) is 0 Å². The van der Waals surface area contributed by atoms with Crippen molar-refractivity contribution in [3.63, 3.8) is 0 Å². The van der Waals surface area contributed by atoms with Crippen LogP contribution in [0.15, 0.2) is 36.4 Å². The van der Waals surface area contributed by atoms with E-state index >= 15 is 0 Å². The molecule has 0 aliphatic heterocycles. The lowest BCUT2D eigenvalue weighted by Crippen LogP contribution is -2.01. The molecule has 0 aliphatic carbocycles. The summed E-state index contributed by atoms with van der Waals surface area (Å²) in [5.74, 6) is 1.07. The van der Waals surface area contributed by atoms with Crippen molar-refractivity contribution >= 4 is 17.2 Å². The summed E-state index contributed by atoms with van der Waals surface area (Å²) < 4.78 is 5.06. The Morgan fingerprint density at radius 2 is 1.95 bits per heavy atom. The average Bonchev–Trinajstić information content (AvgIpc) is 2.44. The third-order valence-corrected chi connectivity index (χ3v) is 2.73. The monoisotopic (exact) mass is 259 g/mol. The number of benzene rings is 1. The number of ether oxygens (including phenoxy) is 1. The van der Waals surface area contributed by atoms with Gasteiger partial charge < -0.3 is 20.9 Å². The summed E-state index contributed by atoms with van der Waals surface area (Å²) in [5, 5.41) is 12.0. The highest BCUT2D eigenvalue weighted by Gasteiger charge is 2.04. The molecule has 0 saturated carbocycles. The molecule has 100 valence electrons. The van der Waals surface area contributed by atoms with Crippen LogP contribution in [0, 0.1) is 0 Å². The minimum Gasteiger partial charge on any atom is -0.481 e. The van der Waals surface area contributed by atoms with Crippen LogP contribution in [0.3, 0.4) is 0 Å². The molecule has 0 bridgehead atoms. The number of aromatic nitrogens is 1. The number of hydrogen-bond acceptors (Lipinski definition) is 5. The smallest absolute Gasteiger partial charge is 0.215 e. The predicted molar refractivity (Wildman–Crippen MR) is 75.7 cm³/mol. The number of rotatable bonds is 5. The first kappa shape index (κ1) is 13.2. The van der Waals surface area contributed by atoms with Crippen molar-refractivity contribution in [3.8, 4) is 5.88 Å². The quantitative estimate of drug-likeness (QED) is 0.764. The molecule has 1 aromatic carbocycles. The van der Waals surface area contributed by atoms with E-state index in [-0.39, 0.29) is 6.61 Å². The van der Waals surface area contributed by atoms with Crippen molar-refractivity contribution in [2.75, 3.05) is 24.8 Å². The van der Waals surface area contributed by atoms with E-state index in [1.54, 1.807) is 19.2 Å². The van der Waals surface area contributed by atoms with Gasteiger partial charge in [-0.1, -0.05) is 12.1 Å². The predicted octanol–water partition coefficient (Wildman–Crippen LogP) is 1.95. The first-order valence-electron chi connectivity index (χ1n) is 6.00. The number of pyridine rings is 1. The maximum absolute atomic E-state index is 8.86. The molecule has 0 radical (unpaired) electrons. The second-order valence-corrected chi connectivity index (χ2v) is 4.09. The van der Waals surface area contributed by atoms with Crippen LogP contribution in [0.4, 0.5) is 17.2 Å². The zero-order valence-corrected chi connectivity index (χ0v) is 10.8. The number of hydrogen-bond donors (Lipinski definition) is 3. The molecule has 0 unspecified atom stereocenters. The Bertz CT molecular complexity index is 541. The Hall–Kier alpha value is -2.27. The average molecular weight is 259 g/mol. The number of nitrogens with one attached hydrogen (secondary N) is 1. The molecule has 0 saturated heterocycles. The van der Waals surface area contributed by atoms with E-state index in [0.717, 1.165) is 11.3 Å². The van der Waals surface area contributed by atoms with Crippen LogP contribution in [0.25, 0.3) is 0 Å². The third kappa shape index (κ3) is 3.35. The van der Waals surface area contributed by atoms with Gasteiger partial charge in [0.05, 0.1) is 12.8 Å². The van der Waals surface area contributed by atoms with Gasteiger partial charge in [-0.25, -0.2) is 0 Å². The van der Waals surface area contributed by atoms with Gasteiger partial charge in [0.15, 0.2) is 5.82 Å². The molecule has 1 aromatic heterocycles. The lowest BCUT2D eigenvalue weighted by Gasteiger charge is -2.10. The Morgan fingerprint density at radius 3 is 2.58 bits per heavy atom. The van der Waals surface area contributed by atoms with Crippen LogP contribution >= 0.6 is 0 Å². The van der Waals surface area contributed by atoms with Crippen molar-refractivity contribution in [2.24, 2.45) is 0 Å². The zero-order valence-electron chi connectivity index (χ0n) is 10.8. The highest BCUT2D eigenvalue weighted by molar-refractivity contribution is 5.69. The minimum atomic E-state index is 0.150. The van der Waals surface area contributed by atoms with Gasteiger partial charge in [-0.3, -0.25) is 0 Å². The maximum Gasteiger partial charge on any atom is 0.215 e. The molecule has 0 spiro atoms. The molecule has 2 aromatic rings. The van der Waals surface area contributed by atoms with Crippen molar-refractivity contribution in [2.45, 2.75) is 6.42 Å². The molecule has 0 atom stereocenters. The van der Waals surface area contributed by atoms with Gasteiger partial charge in [0, 0.05) is 18.4 Å². The summed E-state index contributed by atoms with van der Waals surface area (Å²) in [5.41, 5.74) is 8.38. The van der Waals surface area contributed by atoms with Crippen LogP contribution in [-0.4, -0.2) is 23.8 Å². The van der Waals surface area contributed by atoms with Gasteiger partial charge in [-0.05, 0) is 30.2 Å². The van der Waals surface area contributed by atoms with Gasteiger partial charge in [0.1, 0.15) is 0 Å². The summed E-state index contributed by atoms with van der Waals surface area (Å²) in [6, 6.07) is 11.2. The fraction of sp³-hybridized carbons (Fsp3) is 0.214. The summed E-state index contributed by atoms with van der Waals surface area (Å²) in [4.78, 5) is 4.25. The van der Waals surface area contributed by atoms with E-state index in [1.807, 2.05) is 24.3 Å². The second kappa shape index (κ2) is 6.06. The number of nitrogens with two attached hydrogens (primary N) is 1. The van der Waals surface area contributed by atoms with Crippen LogP contribution in [0.2, 0.25) is 0 Å². The van der Waals surface area contributed by atoms with Gasteiger partial charge >= 0.3 is 0 Å². The number of methoxy groups -OCH3 is 1. The maximum atomic E-state index is 8.86. The molecule has 5 heteroatoms. The minimum absolute atomic E-state index is 0.150. The number of aliphatic hydroxyl groups excluding tert-OH is 1. The van der Waals surface area contributed by atoms with Crippen molar-refractivity contribution < 1.29 is 9.84 Å². The number of aliphatic hydroxyl groups is 1. The largest absolute Gasteiger partial charge is 0.481 e. The van der Waals surface area contributed by atoms with E-state index in [9.17, 15) is 0 Å². The highest BCUT2D eigenvalue weighted by Crippen LogP contribution is 2.23. The molecular weight excluding hydrogens is 242 g/mol. The summed E-state index contributed by atoms with van der Waals surface area (Å²) >= 11 is 0. The fourth-order valence-electron chi connectivity index (χ4n) is 1.69. The lowest BCUT2D eigenvalue weighted by atomic mass is 10.1. The SMILES string of the molecule is COc1ccc(N)c(Nc2ccc(CCO)cc2)n1. The fourth-order valence-corrected chi connectivity index (χ4v) is 1.69. The molecule has 0 amide bonds. The van der Waals surface area contributed by atoms with Crippen molar-refractivity contribution in [1.29, 1.82) is 0 Å². The lowest BCUT2D eigenvalue weighted by molar-refractivity contribution is 0.299. The molecular formula is C14H17N3O2. The van der Waals surface area contributed by atoms with Gasteiger partial charge in [0.2, 0.25) is 5.88 Å². The van der Waals surface area contributed by atoms with Gasteiger partial charge in [-0.2, -0.15) is 4.98 Å². The van der Waals surface area contributed by atoms with Crippen LogP contribution in [-0.2, 0) is 6.42 Å². The van der Waals surface area contributed by atoms with E-state index in [0.29, 0.717) is 23.8 Å². The van der Waals surface area contributed by atoms with Crippen LogP contribution in [0.1, 0.15) is 5.56 Å². The van der Waals surface area contributed by atoms with E-state index in [1.165, 1.54) is 0 Å². The first-order valence-corrected chi connectivity index (χ1v) is 6.00. The topological polar surface area (TPSA) is 80.4 Å². The van der Waals surface area contributed by atoms with Crippen molar-refractivity contribution in [1.82, 2.24) is 4.98 Å². The molecule has 5 nitrogen and oxygen atoms in total. The molecule has 4 N–H and O–H groups in total. The summed E-state index contributed by atoms with van der Waals surface area (Å²) in [7, 11) is 1.56. The van der Waals surface area contributed by atoms with E-state index in [4.69, 9.17) is 15.6 Å². The molecule has 0 fully saturated rings. The third-order valence-electron chi connectivity index (χ3n) is 2.73. The Balaban J connectivity index is 2.16. The Labute approximate surface area is 112 Å². The number of nitrogen functional groups attached to an aromatic ring is 1. The normalized spacial score (nSPS) is 10.2. The standard InChI is InChI=1S/C14H17N3O2/c1-19-13-7-6-12(15)14(17-13)16-11-4-2-10(3-5-11)8-9-18/h2-7,18H,8-9,15H2,1H3,(H,16,17). The van der Waals surface area contributed by atoms with E-state index in [2.05, 4.69) is 10.3 Å².